The van der Waals surface area contributed by atoms with Gasteiger partial charge in [0.25, 0.3) is 15.7 Å². The van der Waals surface area contributed by atoms with Crippen molar-refractivity contribution in [2.45, 2.75) is 24.7 Å². The number of ether oxygens (including phenoxy) is 1. The maximum absolute atomic E-state index is 12.7. The Labute approximate surface area is 168 Å². The summed E-state index contributed by atoms with van der Waals surface area (Å²) in [5, 5.41) is 15.7. The molecule has 0 aromatic heterocycles. The largest absolute Gasteiger partial charge is 0.495 e. The van der Waals surface area contributed by atoms with Crippen LogP contribution in [-0.4, -0.2) is 26.2 Å². The highest BCUT2D eigenvalue weighted by Gasteiger charge is 2.22. The highest BCUT2D eigenvalue weighted by Crippen LogP contribution is 2.31. The van der Waals surface area contributed by atoms with Gasteiger partial charge in [0.15, 0.2) is 0 Å². The van der Waals surface area contributed by atoms with Gasteiger partial charge in [-0.1, -0.05) is 17.7 Å². The van der Waals surface area contributed by atoms with E-state index in [1.165, 1.54) is 30.9 Å². The molecule has 3 rings (SSSR count). The molecule has 1 aliphatic rings. The third-order valence-electron chi connectivity index (χ3n) is 4.34. The molecule has 1 aliphatic carbocycles. The van der Waals surface area contributed by atoms with Crippen molar-refractivity contribution < 1.29 is 18.1 Å². The number of para-hydroxylation sites is 2. The molecular weight excluding hydrogens is 396 g/mol. The van der Waals surface area contributed by atoms with E-state index in [1.54, 1.807) is 18.2 Å². The number of allylic oxidation sites excluding steroid dienone is 2. The number of rotatable bonds is 7. The average molecular weight is 416 g/mol. The summed E-state index contributed by atoms with van der Waals surface area (Å²) in [7, 11) is -2.65. The number of nitro groups is 1. The van der Waals surface area contributed by atoms with E-state index in [2.05, 4.69) is 15.2 Å². The van der Waals surface area contributed by atoms with Gasteiger partial charge in [0.05, 0.1) is 28.3 Å². The van der Waals surface area contributed by atoms with Crippen LogP contribution in [0.5, 0.6) is 5.75 Å². The lowest BCUT2D eigenvalue weighted by Gasteiger charge is -2.12. The quantitative estimate of drug-likeness (QED) is 0.521. The lowest BCUT2D eigenvalue weighted by atomic mass is 10.3. The first kappa shape index (κ1) is 20.3. The van der Waals surface area contributed by atoms with E-state index in [4.69, 9.17) is 4.74 Å². The average Bonchev–Trinajstić information content (AvgIpc) is 3.11. The van der Waals surface area contributed by atoms with E-state index in [0.29, 0.717) is 5.75 Å². The van der Waals surface area contributed by atoms with Gasteiger partial charge in [-0.05, 0) is 50.1 Å². The molecule has 0 heterocycles. The zero-order valence-corrected chi connectivity index (χ0v) is 16.7. The summed E-state index contributed by atoms with van der Waals surface area (Å²) in [6.07, 6.45) is 3.56. The summed E-state index contributed by atoms with van der Waals surface area (Å²) in [4.78, 5) is 10.6. The molecule has 0 bridgehead atoms. The van der Waals surface area contributed by atoms with Crippen LogP contribution in [-0.2, 0) is 10.0 Å². The van der Waals surface area contributed by atoms with Crippen molar-refractivity contribution in [3.8, 4) is 5.75 Å². The first-order chi connectivity index (χ1) is 13.8. The van der Waals surface area contributed by atoms with E-state index in [0.717, 1.165) is 24.6 Å². The van der Waals surface area contributed by atoms with Crippen LogP contribution in [0.25, 0.3) is 0 Å². The Balaban J connectivity index is 1.90. The normalized spacial score (nSPS) is 15.1. The van der Waals surface area contributed by atoms with Crippen molar-refractivity contribution in [1.29, 1.82) is 0 Å². The second-order valence-corrected chi connectivity index (χ2v) is 8.13. The van der Waals surface area contributed by atoms with Crippen LogP contribution in [0.1, 0.15) is 19.8 Å². The van der Waals surface area contributed by atoms with Gasteiger partial charge in [-0.25, -0.2) is 8.42 Å². The molecule has 2 aromatic carbocycles. The topological polar surface area (TPSA) is 123 Å². The van der Waals surface area contributed by atoms with Crippen molar-refractivity contribution >= 4 is 32.8 Å². The second-order valence-electron chi connectivity index (χ2n) is 6.45. The molecule has 0 fully saturated rings. The fourth-order valence-corrected chi connectivity index (χ4v) is 3.92. The van der Waals surface area contributed by atoms with Crippen LogP contribution in [0.4, 0.5) is 17.1 Å². The Bertz CT molecular complexity index is 1110. The second kappa shape index (κ2) is 8.31. The maximum atomic E-state index is 12.7. The zero-order chi connectivity index (χ0) is 21.0. The lowest BCUT2D eigenvalue weighted by Crippen LogP contribution is -2.14. The van der Waals surface area contributed by atoms with Gasteiger partial charge in [0.2, 0.25) is 0 Å². The SMILES string of the molecule is COc1ccccc1NS(=O)(=O)c1ccc(N/N=C2/C=C(C)CC2)c([N+](=O)[O-])c1. The first-order valence-electron chi connectivity index (χ1n) is 8.74. The van der Waals surface area contributed by atoms with E-state index < -0.39 is 20.6 Å². The Hall–Kier alpha value is -3.40. The maximum Gasteiger partial charge on any atom is 0.295 e. The fraction of sp³-hybridized carbons (Fsp3) is 0.211. The molecular formula is C19H20N4O5S. The molecule has 9 nitrogen and oxygen atoms in total. The summed E-state index contributed by atoms with van der Waals surface area (Å²) < 4.78 is 32.9. The van der Waals surface area contributed by atoms with Crippen LogP contribution in [0.2, 0.25) is 0 Å². The molecule has 0 saturated heterocycles. The Morgan fingerprint density at radius 2 is 1.90 bits per heavy atom. The first-order valence-corrected chi connectivity index (χ1v) is 10.2. The number of sulfonamides is 1. The predicted octanol–water partition coefficient (Wildman–Crippen LogP) is 3.91. The molecule has 0 spiro atoms. The third kappa shape index (κ3) is 4.72. The molecule has 152 valence electrons. The number of nitrogens with zero attached hydrogens (tertiary/aromatic N) is 2. The van der Waals surface area contributed by atoms with Crippen LogP contribution < -0.4 is 14.9 Å². The van der Waals surface area contributed by atoms with E-state index in [1.807, 2.05) is 13.0 Å². The van der Waals surface area contributed by atoms with Crippen LogP contribution >= 0.6 is 0 Å². The minimum absolute atomic E-state index is 0.108. The zero-order valence-electron chi connectivity index (χ0n) is 15.9. The minimum Gasteiger partial charge on any atom is -0.495 e. The lowest BCUT2D eigenvalue weighted by molar-refractivity contribution is -0.384. The molecule has 29 heavy (non-hydrogen) atoms. The highest BCUT2D eigenvalue weighted by atomic mass is 32.2. The van der Waals surface area contributed by atoms with Gasteiger partial charge in [-0.2, -0.15) is 5.10 Å². The minimum atomic E-state index is -4.06. The smallest absolute Gasteiger partial charge is 0.295 e. The molecule has 10 heteroatoms. The Morgan fingerprint density at radius 1 is 1.14 bits per heavy atom. The van der Waals surface area contributed by atoms with E-state index >= 15 is 0 Å². The van der Waals surface area contributed by atoms with Gasteiger partial charge < -0.3 is 4.74 Å². The number of anilines is 2. The number of hydrogen-bond acceptors (Lipinski definition) is 7. The molecule has 0 amide bonds. The summed E-state index contributed by atoms with van der Waals surface area (Å²) in [6.45, 7) is 1.99. The number of benzene rings is 2. The summed E-state index contributed by atoms with van der Waals surface area (Å²) in [6, 6.07) is 10.1. The van der Waals surface area contributed by atoms with Crippen LogP contribution in [0.3, 0.4) is 0 Å². The number of nitro benzene ring substituents is 1. The highest BCUT2D eigenvalue weighted by molar-refractivity contribution is 7.92. The van der Waals surface area contributed by atoms with Crippen molar-refractivity contribution in [2.75, 3.05) is 17.3 Å². The van der Waals surface area contributed by atoms with Gasteiger partial charge in [-0.15, -0.1) is 0 Å². The van der Waals surface area contributed by atoms with E-state index in [-0.39, 0.29) is 16.3 Å². The number of hydrazone groups is 1. The molecule has 0 saturated carbocycles. The van der Waals surface area contributed by atoms with Crippen molar-refractivity contribution in [3.05, 3.63) is 64.2 Å². The van der Waals surface area contributed by atoms with E-state index in [9.17, 15) is 18.5 Å². The molecule has 0 aliphatic heterocycles. The monoisotopic (exact) mass is 416 g/mol. The third-order valence-corrected chi connectivity index (χ3v) is 5.70. The van der Waals surface area contributed by atoms with Gasteiger partial charge in [0.1, 0.15) is 11.4 Å². The molecule has 0 atom stereocenters. The summed E-state index contributed by atoms with van der Waals surface area (Å²) in [5.74, 6) is 0.333. The van der Waals surface area contributed by atoms with Crippen LogP contribution in [0, 0.1) is 10.1 Å². The summed E-state index contributed by atoms with van der Waals surface area (Å²) >= 11 is 0. The molecule has 2 N–H and O–H groups in total. The predicted molar refractivity (Wildman–Crippen MR) is 111 cm³/mol. The summed E-state index contributed by atoms with van der Waals surface area (Å²) in [5.41, 5.74) is 4.58. The van der Waals surface area contributed by atoms with Gasteiger partial charge in [0, 0.05) is 6.07 Å². The van der Waals surface area contributed by atoms with Gasteiger partial charge in [-0.3, -0.25) is 20.3 Å². The number of hydrogen-bond donors (Lipinski definition) is 2. The van der Waals surface area contributed by atoms with Gasteiger partial charge >= 0.3 is 0 Å². The Morgan fingerprint density at radius 3 is 2.55 bits per heavy atom. The molecule has 0 radical (unpaired) electrons. The fourth-order valence-electron chi connectivity index (χ4n) is 2.83. The van der Waals surface area contributed by atoms with Crippen LogP contribution in [0.15, 0.2) is 64.1 Å². The van der Waals surface area contributed by atoms with Crippen molar-refractivity contribution in [1.82, 2.24) is 0 Å². The molecule has 0 unspecified atom stereocenters. The standard InChI is InChI=1S/C19H20N4O5S/c1-13-7-8-14(11-13)20-21-16-10-9-15(12-18(16)23(24)25)29(26,27)22-17-5-3-4-6-19(17)28-2/h3-6,9-12,21-22H,7-8H2,1-2H3/b20-14+. The number of nitrogens with one attached hydrogen (secondary N) is 2. The van der Waals surface area contributed by atoms with Crippen molar-refractivity contribution in [3.63, 3.8) is 0 Å². The van der Waals surface area contributed by atoms with Crippen molar-refractivity contribution in [2.24, 2.45) is 5.10 Å². The number of methoxy groups -OCH3 is 1. The Kier molecular flexibility index (Phi) is 5.83. The molecule has 2 aromatic rings.